The number of rotatable bonds is 4. The number of nitrogens with zero attached hydrogens (tertiary/aromatic N) is 3. The van der Waals surface area contributed by atoms with Crippen LogP contribution < -0.4 is 15.5 Å². The van der Waals surface area contributed by atoms with Crippen LogP contribution in [0.25, 0.3) is 0 Å². The summed E-state index contributed by atoms with van der Waals surface area (Å²) in [6, 6.07) is 9.70. The highest BCUT2D eigenvalue weighted by Crippen LogP contribution is 2.22. The van der Waals surface area contributed by atoms with Crippen LogP contribution in [0.5, 0.6) is 0 Å². The summed E-state index contributed by atoms with van der Waals surface area (Å²) in [7, 11) is 0. The first-order valence-corrected chi connectivity index (χ1v) is 9.68. The minimum Gasteiger partial charge on any atom is -0.358 e. The fourth-order valence-corrected chi connectivity index (χ4v) is 3.39. The SMILES string of the molecule is Cc1cc(N2CCCC(C)C2)nc(NC(=S)NCc2ccc(Cl)cc2)n1. The van der Waals surface area contributed by atoms with E-state index < -0.39 is 0 Å². The summed E-state index contributed by atoms with van der Waals surface area (Å²) in [6.07, 6.45) is 2.48. The molecule has 138 valence electrons. The normalized spacial score (nSPS) is 17.0. The quantitative estimate of drug-likeness (QED) is 0.766. The molecule has 2 heterocycles. The Morgan fingerprint density at radius 1 is 1.31 bits per heavy atom. The molecule has 0 spiro atoms. The third kappa shape index (κ3) is 5.29. The van der Waals surface area contributed by atoms with Crippen LogP contribution in [0.3, 0.4) is 0 Å². The van der Waals surface area contributed by atoms with Crippen LogP contribution in [0.1, 0.15) is 31.0 Å². The molecular weight excluding hydrogens is 366 g/mol. The number of hydrogen-bond donors (Lipinski definition) is 2. The van der Waals surface area contributed by atoms with Gasteiger partial charge in [-0.05, 0) is 55.6 Å². The number of nitrogens with one attached hydrogen (secondary N) is 2. The lowest BCUT2D eigenvalue weighted by Crippen LogP contribution is -2.35. The Balaban J connectivity index is 1.61. The van der Waals surface area contributed by atoms with Crippen LogP contribution in [0.15, 0.2) is 30.3 Å². The number of piperidine rings is 1. The van der Waals surface area contributed by atoms with Gasteiger partial charge in [0.05, 0.1) is 0 Å². The minimum atomic E-state index is 0.503. The predicted molar refractivity (Wildman–Crippen MR) is 112 cm³/mol. The zero-order chi connectivity index (χ0) is 18.5. The summed E-state index contributed by atoms with van der Waals surface area (Å²) in [6.45, 7) is 6.96. The zero-order valence-corrected chi connectivity index (χ0v) is 16.7. The van der Waals surface area contributed by atoms with E-state index in [0.717, 1.165) is 35.2 Å². The highest BCUT2D eigenvalue weighted by Gasteiger charge is 2.18. The first-order chi connectivity index (χ1) is 12.5. The molecule has 0 amide bonds. The summed E-state index contributed by atoms with van der Waals surface area (Å²) >= 11 is 11.3. The number of anilines is 2. The summed E-state index contributed by atoms with van der Waals surface area (Å²) in [4.78, 5) is 11.4. The van der Waals surface area contributed by atoms with Crippen LogP contribution in [0, 0.1) is 12.8 Å². The largest absolute Gasteiger partial charge is 0.358 e. The van der Waals surface area contributed by atoms with E-state index in [0.29, 0.717) is 23.5 Å². The molecule has 1 aromatic carbocycles. The first-order valence-electron chi connectivity index (χ1n) is 8.89. The maximum absolute atomic E-state index is 5.91. The number of halogens is 1. The van der Waals surface area contributed by atoms with Crippen LogP contribution in [-0.2, 0) is 6.54 Å². The van der Waals surface area contributed by atoms with Gasteiger partial charge in [-0.25, -0.2) is 4.98 Å². The fraction of sp³-hybridized carbons (Fsp3) is 0.421. The number of benzene rings is 1. The molecule has 1 saturated heterocycles. The Morgan fingerprint density at radius 3 is 2.81 bits per heavy atom. The van der Waals surface area contributed by atoms with E-state index >= 15 is 0 Å². The molecule has 5 nitrogen and oxygen atoms in total. The molecular formula is C19H24ClN5S. The van der Waals surface area contributed by atoms with Gasteiger partial charge in [0.1, 0.15) is 5.82 Å². The molecule has 2 N–H and O–H groups in total. The van der Waals surface area contributed by atoms with Gasteiger partial charge in [-0.3, -0.25) is 0 Å². The first kappa shape index (κ1) is 18.9. The van der Waals surface area contributed by atoms with Crippen LogP contribution >= 0.6 is 23.8 Å². The number of hydrogen-bond acceptors (Lipinski definition) is 4. The second kappa shape index (κ2) is 8.64. The van der Waals surface area contributed by atoms with Crippen molar-refractivity contribution in [3.8, 4) is 0 Å². The predicted octanol–water partition coefficient (Wildman–Crippen LogP) is 4.16. The molecule has 1 atom stereocenters. The van der Waals surface area contributed by atoms with Crippen molar-refractivity contribution in [2.75, 3.05) is 23.3 Å². The molecule has 3 rings (SSSR count). The number of thiocarbonyl (C=S) groups is 1. The van der Waals surface area contributed by atoms with Gasteiger partial charge in [-0.1, -0.05) is 30.7 Å². The molecule has 1 fully saturated rings. The molecule has 26 heavy (non-hydrogen) atoms. The number of aromatic nitrogens is 2. The summed E-state index contributed by atoms with van der Waals surface area (Å²) < 4.78 is 0. The zero-order valence-electron chi connectivity index (χ0n) is 15.1. The van der Waals surface area contributed by atoms with Crippen molar-refractivity contribution in [3.63, 3.8) is 0 Å². The summed E-state index contributed by atoms with van der Waals surface area (Å²) in [5.74, 6) is 2.19. The molecule has 1 aliphatic heterocycles. The fourth-order valence-electron chi connectivity index (χ4n) is 3.10. The average molecular weight is 390 g/mol. The Kier molecular flexibility index (Phi) is 6.27. The van der Waals surface area contributed by atoms with Crippen molar-refractivity contribution in [1.29, 1.82) is 0 Å². The Morgan fingerprint density at radius 2 is 2.08 bits per heavy atom. The highest BCUT2D eigenvalue weighted by molar-refractivity contribution is 7.80. The standard InChI is InChI=1S/C19H24ClN5S/c1-13-4-3-9-25(12-13)17-10-14(2)22-18(23-17)24-19(26)21-11-15-5-7-16(20)8-6-15/h5-8,10,13H,3-4,9,11-12H2,1-2H3,(H2,21,22,23,24,26). The highest BCUT2D eigenvalue weighted by atomic mass is 35.5. The molecule has 0 aliphatic carbocycles. The van der Waals surface area contributed by atoms with Gasteiger partial charge in [-0.15, -0.1) is 0 Å². The Hall–Kier alpha value is -1.92. The van der Waals surface area contributed by atoms with Gasteiger partial charge >= 0.3 is 0 Å². The lowest BCUT2D eigenvalue weighted by atomic mass is 10.0. The second-order valence-corrected chi connectivity index (χ2v) is 7.66. The van der Waals surface area contributed by atoms with Crippen molar-refractivity contribution in [1.82, 2.24) is 15.3 Å². The van der Waals surface area contributed by atoms with Crippen molar-refractivity contribution in [2.45, 2.75) is 33.2 Å². The van der Waals surface area contributed by atoms with Crippen LogP contribution in [0.4, 0.5) is 11.8 Å². The van der Waals surface area contributed by atoms with Gasteiger partial charge in [-0.2, -0.15) is 4.98 Å². The van der Waals surface area contributed by atoms with E-state index in [-0.39, 0.29) is 0 Å². The monoisotopic (exact) mass is 389 g/mol. The summed E-state index contributed by atoms with van der Waals surface area (Å²) in [5, 5.41) is 7.50. The molecule has 1 aliphatic rings. The molecule has 0 saturated carbocycles. The van der Waals surface area contributed by atoms with E-state index in [1.165, 1.54) is 12.8 Å². The average Bonchev–Trinajstić information content (AvgIpc) is 2.61. The maximum atomic E-state index is 5.91. The molecule has 0 radical (unpaired) electrons. The smallest absolute Gasteiger partial charge is 0.231 e. The van der Waals surface area contributed by atoms with E-state index in [9.17, 15) is 0 Å². The molecule has 2 aromatic rings. The molecule has 0 bridgehead atoms. The van der Waals surface area contributed by atoms with Gasteiger partial charge in [0.15, 0.2) is 5.11 Å². The van der Waals surface area contributed by atoms with Gasteiger partial charge < -0.3 is 15.5 Å². The van der Waals surface area contributed by atoms with Crippen molar-refractivity contribution < 1.29 is 0 Å². The maximum Gasteiger partial charge on any atom is 0.231 e. The third-order valence-corrected chi connectivity index (χ3v) is 4.91. The number of aryl methyl sites for hydroxylation is 1. The van der Waals surface area contributed by atoms with Crippen molar-refractivity contribution in [2.24, 2.45) is 5.92 Å². The van der Waals surface area contributed by atoms with Crippen molar-refractivity contribution >= 4 is 40.7 Å². The van der Waals surface area contributed by atoms with Gasteiger partial charge in [0.2, 0.25) is 5.95 Å². The van der Waals surface area contributed by atoms with E-state index in [1.54, 1.807) is 0 Å². The van der Waals surface area contributed by atoms with E-state index in [4.69, 9.17) is 23.8 Å². The van der Waals surface area contributed by atoms with Gasteiger partial charge in [0.25, 0.3) is 0 Å². The topological polar surface area (TPSA) is 53.1 Å². The molecule has 1 aromatic heterocycles. The van der Waals surface area contributed by atoms with Crippen LogP contribution in [0.2, 0.25) is 5.02 Å². The lowest BCUT2D eigenvalue weighted by molar-refractivity contribution is 0.444. The van der Waals surface area contributed by atoms with Crippen molar-refractivity contribution in [3.05, 3.63) is 46.6 Å². The lowest BCUT2D eigenvalue weighted by Gasteiger charge is -2.32. The van der Waals surface area contributed by atoms with E-state index in [2.05, 4.69) is 32.4 Å². The minimum absolute atomic E-state index is 0.503. The second-order valence-electron chi connectivity index (χ2n) is 6.82. The molecule has 7 heteroatoms. The van der Waals surface area contributed by atoms with Gasteiger partial charge in [0, 0.05) is 36.4 Å². The molecule has 1 unspecified atom stereocenters. The Bertz CT molecular complexity index is 765. The summed E-state index contributed by atoms with van der Waals surface area (Å²) in [5.41, 5.74) is 2.03. The van der Waals surface area contributed by atoms with E-state index in [1.807, 2.05) is 37.3 Å². The Labute approximate surface area is 165 Å². The third-order valence-electron chi connectivity index (χ3n) is 4.41. The van der Waals surface area contributed by atoms with Crippen LogP contribution in [-0.4, -0.2) is 28.2 Å².